The summed E-state index contributed by atoms with van der Waals surface area (Å²) < 4.78 is 0. The van der Waals surface area contributed by atoms with Gasteiger partial charge in [0.1, 0.15) is 0 Å². The quantitative estimate of drug-likeness (QED) is 0.404. The molecular weight excluding hydrogens is 217 g/mol. The third-order valence-electron chi connectivity index (χ3n) is 3.08. The van der Waals surface area contributed by atoms with Gasteiger partial charge in [-0.15, -0.1) is 0 Å². The minimum atomic E-state index is 0. The van der Waals surface area contributed by atoms with Gasteiger partial charge in [-0.25, -0.2) is 0 Å². The van der Waals surface area contributed by atoms with Crippen LogP contribution in [0, 0.1) is 0 Å². The summed E-state index contributed by atoms with van der Waals surface area (Å²) in [4.78, 5) is 0. The van der Waals surface area contributed by atoms with E-state index in [-0.39, 0.29) is 29.6 Å². The summed E-state index contributed by atoms with van der Waals surface area (Å²) in [6.45, 7) is 7.92. The zero-order chi connectivity index (χ0) is 12.1. The average Bonchev–Trinajstić information content (AvgIpc) is 2.25. The molecule has 0 aromatic carbocycles. The van der Waals surface area contributed by atoms with Crippen molar-refractivity contribution < 1.29 is 0 Å². The first-order valence-corrected chi connectivity index (χ1v) is 7.50. The number of hydrogen-bond donors (Lipinski definition) is 1. The molecule has 0 unspecified atom stereocenters. The summed E-state index contributed by atoms with van der Waals surface area (Å²) >= 11 is 0. The number of unbranched alkanes of at least 4 members (excludes halogenated alkanes) is 9. The van der Waals surface area contributed by atoms with Crippen LogP contribution < -0.4 is 5.32 Å². The van der Waals surface area contributed by atoms with E-state index >= 15 is 0 Å². The van der Waals surface area contributed by atoms with E-state index in [1.54, 1.807) is 0 Å². The molecule has 0 atom stereocenters. The zero-order valence-corrected chi connectivity index (χ0v) is 11.9. The second-order valence-corrected chi connectivity index (χ2v) is 5.29. The third kappa shape index (κ3) is 19.5. The Morgan fingerprint density at radius 2 is 1.12 bits per heavy atom. The van der Waals surface area contributed by atoms with Gasteiger partial charge in [-0.1, -0.05) is 78.6 Å². The first-order chi connectivity index (χ1) is 7.77. The van der Waals surface area contributed by atoms with Crippen LogP contribution in [0.5, 0.6) is 0 Å². The fourth-order valence-corrected chi connectivity index (χ4v) is 2.00. The first-order valence-electron chi connectivity index (χ1n) is 7.50. The molecule has 100 valence electrons. The summed E-state index contributed by atoms with van der Waals surface area (Å²) in [5.41, 5.74) is 0. The minimum absolute atomic E-state index is 0. The Bertz CT molecular complexity index is 126. The van der Waals surface area contributed by atoms with Crippen molar-refractivity contribution in [2.24, 2.45) is 0 Å². The van der Waals surface area contributed by atoms with Crippen molar-refractivity contribution in [1.29, 1.82) is 0 Å². The van der Waals surface area contributed by atoms with Gasteiger partial charge in [0.15, 0.2) is 0 Å². The van der Waals surface area contributed by atoms with Crippen LogP contribution in [-0.2, 0) is 0 Å². The predicted molar refractivity (Wildman–Crippen MR) is 82.1 cm³/mol. The van der Waals surface area contributed by atoms with E-state index in [4.69, 9.17) is 0 Å². The van der Waals surface area contributed by atoms with E-state index in [0.717, 1.165) is 0 Å². The second-order valence-electron chi connectivity index (χ2n) is 5.29. The summed E-state index contributed by atoms with van der Waals surface area (Å²) in [5.74, 6) is 0. The van der Waals surface area contributed by atoms with Gasteiger partial charge in [-0.05, 0) is 13.0 Å². The van der Waals surface area contributed by atoms with Gasteiger partial charge in [-0.2, -0.15) is 0 Å². The summed E-state index contributed by atoms with van der Waals surface area (Å²) in [6.07, 6.45) is 14.3. The van der Waals surface area contributed by atoms with Crippen molar-refractivity contribution in [3.05, 3.63) is 0 Å². The molecule has 0 radical (unpaired) electrons. The molecule has 0 aromatic rings. The first kappa shape index (κ1) is 20.3. The van der Waals surface area contributed by atoms with Crippen molar-refractivity contribution in [1.82, 2.24) is 5.32 Å². The van der Waals surface area contributed by atoms with Gasteiger partial charge in [-0.3, -0.25) is 0 Å². The van der Waals surface area contributed by atoms with Crippen molar-refractivity contribution in [2.45, 2.75) is 91.0 Å². The van der Waals surface area contributed by atoms with Gasteiger partial charge >= 0.3 is 29.6 Å². The Balaban J connectivity index is 0. The molecule has 0 rings (SSSR count). The monoisotopic (exact) mass is 251 g/mol. The van der Waals surface area contributed by atoms with Crippen LogP contribution in [0.3, 0.4) is 0 Å². The summed E-state index contributed by atoms with van der Waals surface area (Å²) in [6, 6.07) is 0.651. The van der Waals surface area contributed by atoms with E-state index in [1.165, 1.54) is 70.8 Å². The number of nitrogens with one attached hydrogen (secondary N) is 1. The van der Waals surface area contributed by atoms with E-state index in [2.05, 4.69) is 26.1 Å². The molecule has 0 aliphatic carbocycles. The molecule has 1 nitrogen and oxygen atoms in total. The number of rotatable bonds is 12. The maximum absolute atomic E-state index is 3.47. The van der Waals surface area contributed by atoms with Gasteiger partial charge in [0.2, 0.25) is 0 Å². The molecule has 0 spiro atoms. The number of hydrogen-bond acceptors (Lipinski definition) is 1. The molecule has 0 fully saturated rings. The molecule has 0 aliphatic heterocycles. The standard InChI is InChI=1S/C15H33N.Na.H/c1-4-5-6-7-8-9-10-11-12-13-14-16-15(2)3;;/h15-16H,4-14H2,1-3H3;;. The fourth-order valence-electron chi connectivity index (χ4n) is 2.00. The van der Waals surface area contributed by atoms with Gasteiger partial charge in [0, 0.05) is 6.04 Å². The Morgan fingerprint density at radius 1 is 0.706 bits per heavy atom. The molecule has 17 heavy (non-hydrogen) atoms. The van der Waals surface area contributed by atoms with Gasteiger partial charge < -0.3 is 5.32 Å². The van der Waals surface area contributed by atoms with Crippen molar-refractivity contribution in [3.63, 3.8) is 0 Å². The fraction of sp³-hybridized carbons (Fsp3) is 1.00. The van der Waals surface area contributed by atoms with E-state index in [1.807, 2.05) is 0 Å². The van der Waals surface area contributed by atoms with Gasteiger partial charge in [0.05, 0.1) is 0 Å². The Morgan fingerprint density at radius 3 is 1.53 bits per heavy atom. The normalized spacial score (nSPS) is 10.6. The molecule has 2 heteroatoms. The zero-order valence-electron chi connectivity index (χ0n) is 11.9. The van der Waals surface area contributed by atoms with Crippen LogP contribution in [-0.4, -0.2) is 42.1 Å². The van der Waals surface area contributed by atoms with Crippen LogP contribution in [0.25, 0.3) is 0 Å². The molecular formula is C15H34NNa. The molecule has 0 saturated carbocycles. The van der Waals surface area contributed by atoms with Gasteiger partial charge in [0.25, 0.3) is 0 Å². The van der Waals surface area contributed by atoms with Crippen molar-refractivity contribution >= 4 is 29.6 Å². The molecule has 1 N–H and O–H groups in total. The Labute approximate surface area is 132 Å². The topological polar surface area (TPSA) is 12.0 Å². The molecule has 0 amide bonds. The SMILES string of the molecule is CCCCCCCCCCCCNC(C)C.[NaH]. The van der Waals surface area contributed by atoms with Crippen molar-refractivity contribution in [3.8, 4) is 0 Å². The molecule has 0 bridgehead atoms. The average molecular weight is 251 g/mol. The summed E-state index contributed by atoms with van der Waals surface area (Å²) in [7, 11) is 0. The maximum atomic E-state index is 3.47. The molecule has 0 aromatic heterocycles. The van der Waals surface area contributed by atoms with Crippen LogP contribution in [0.2, 0.25) is 0 Å². The summed E-state index contributed by atoms with van der Waals surface area (Å²) in [5, 5.41) is 3.47. The van der Waals surface area contributed by atoms with E-state index in [9.17, 15) is 0 Å². The molecule has 0 heterocycles. The van der Waals surface area contributed by atoms with Crippen LogP contribution >= 0.6 is 0 Å². The Kier molecular flexibility index (Phi) is 20.2. The van der Waals surface area contributed by atoms with E-state index in [0.29, 0.717) is 6.04 Å². The van der Waals surface area contributed by atoms with Crippen LogP contribution in [0.4, 0.5) is 0 Å². The second kappa shape index (κ2) is 17.0. The van der Waals surface area contributed by atoms with E-state index < -0.39 is 0 Å². The third-order valence-corrected chi connectivity index (χ3v) is 3.08. The van der Waals surface area contributed by atoms with Crippen molar-refractivity contribution in [2.75, 3.05) is 6.54 Å². The predicted octanol–water partition coefficient (Wildman–Crippen LogP) is 4.26. The van der Waals surface area contributed by atoms with Crippen LogP contribution in [0.1, 0.15) is 85.0 Å². The molecule has 0 aliphatic rings. The van der Waals surface area contributed by atoms with Crippen LogP contribution in [0.15, 0.2) is 0 Å². The molecule has 0 saturated heterocycles. The Hall–Kier alpha value is 0.960.